The summed E-state index contributed by atoms with van der Waals surface area (Å²) in [5.74, 6) is 0.927. The van der Waals surface area contributed by atoms with Crippen LogP contribution in [-0.4, -0.2) is 16.5 Å². The van der Waals surface area contributed by atoms with Gasteiger partial charge in [0, 0.05) is 29.4 Å². The fourth-order valence-electron chi connectivity index (χ4n) is 2.09. The smallest absolute Gasteiger partial charge is 0.126 e. The Hall–Kier alpha value is -1.94. The van der Waals surface area contributed by atoms with Crippen LogP contribution in [-0.2, 0) is 12.8 Å². The van der Waals surface area contributed by atoms with Gasteiger partial charge >= 0.3 is 0 Å². The van der Waals surface area contributed by atoms with Gasteiger partial charge in [0.15, 0.2) is 0 Å². The van der Waals surface area contributed by atoms with Gasteiger partial charge in [0.2, 0.25) is 0 Å². The van der Waals surface area contributed by atoms with E-state index >= 15 is 0 Å². The summed E-state index contributed by atoms with van der Waals surface area (Å²) in [5, 5.41) is 5.73. The van der Waals surface area contributed by atoms with Gasteiger partial charge in [-0.05, 0) is 24.6 Å². The Morgan fingerprint density at radius 3 is 2.90 bits per heavy atom. The van der Waals surface area contributed by atoms with Gasteiger partial charge in [-0.15, -0.1) is 11.3 Å². The number of fused-ring (bicyclic) bond motifs is 1. The van der Waals surface area contributed by atoms with Crippen molar-refractivity contribution in [3.63, 3.8) is 0 Å². The van der Waals surface area contributed by atoms with E-state index < -0.39 is 0 Å². The standard InChI is InChI=1S/C16H17N3S/c1-2-13-11-18-16(20-13)9-10-17-15-8-7-12-5-3-4-6-14(12)19-15/h3-8,11H,2,9-10H2,1H3,(H,17,19). The number of para-hydroxylation sites is 1. The van der Waals surface area contributed by atoms with Crippen molar-refractivity contribution in [2.45, 2.75) is 19.8 Å². The molecule has 3 aromatic rings. The molecular formula is C16H17N3S. The molecule has 2 aromatic heterocycles. The number of rotatable bonds is 5. The minimum absolute atomic E-state index is 0.863. The van der Waals surface area contributed by atoms with E-state index in [0.29, 0.717) is 0 Å². The van der Waals surface area contributed by atoms with E-state index in [0.717, 1.165) is 30.7 Å². The summed E-state index contributed by atoms with van der Waals surface area (Å²) in [5.41, 5.74) is 1.03. The highest BCUT2D eigenvalue weighted by atomic mass is 32.1. The van der Waals surface area contributed by atoms with Gasteiger partial charge in [-0.3, -0.25) is 0 Å². The summed E-state index contributed by atoms with van der Waals surface area (Å²) >= 11 is 1.80. The molecule has 0 radical (unpaired) electrons. The summed E-state index contributed by atoms with van der Waals surface area (Å²) in [6, 6.07) is 12.3. The monoisotopic (exact) mass is 283 g/mol. The molecule has 0 saturated heterocycles. The lowest BCUT2D eigenvalue weighted by Gasteiger charge is -2.05. The Morgan fingerprint density at radius 2 is 2.05 bits per heavy atom. The van der Waals surface area contributed by atoms with Crippen molar-refractivity contribution in [2.75, 3.05) is 11.9 Å². The highest BCUT2D eigenvalue weighted by Gasteiger charge is 2.01. The highest BCUT2D eigenvalue weighted by Crippen LogP contribution is 2.16. The van der Waals surface area contributed by atoms with Gasteiger partial charge in [-0.1, -0.05) is 25.1 Å². The average Bonchev–Trinajstić information content (AvgIpc) is 2.95. The van der Waals surface area contributed by atoms with Crippen LogP contribution in [0.4, 0.5) is 5.82 Å². The van der Waals surface area contributed by atoms with Gasteiger partial charge in [-0.25, -0.2) is 9.97 Å². The fraction of sp³-hybridized carbons (Fsp3) is 0.250. The number of thiazole rings is 1. The van der Waals surface area contributed by atoms with E-state index in [4.69, 9.17) is 0 Å². The van der Waals surface area contributed by atoms with Crippen LogP contribution in [0, 0.1) is 0 Å². The van der Waals surface area contributed by atoms with Crippen LogP contribution in [0.2, 0.25) is 0 Å². The molecule has 0 spiro atoms. The number of nitrogens with zero attached hydrogens (tertiary/aromatic N) is 2. The molecule has 1 N–H and O–H groups in total. The number of aromatic nitrogens is 2. The SMILES string of the molecule is CCc1cnc(CCNc2ccc3ccccc3n2)s1. The lowest BCUT2D eigenvalue weighted by Crippen LogP contribution is -2.05. The number of hydrogen-bond acceptors (Lipinski definition) is 4. The van der Waals surface area contributed by atoms with Crippen molar-refractivity contribution in [3.8, 4) is 0 Å². The number of hydrogen-bond donors (Lipinski definition) is 1. The average molecular weight is 283 g/mol. The van der Waals surface area contributed by atoms with E-state index in [2.05, 4.69) is 34.3 Å². The molecule has 0 saturated carbocycles. The minimum atomic E-state index is 0.863. The summed E-state index contributed by atoms with van der Waals surface area (Å²) in [6.45, 7) is 3.02. The number of anilines is 1. The van der Waals surface area contributed by atoms with E-state index in [9.17, 15) is 0 Å². The number of pyridine rings is 1. The van der Waals surface area contributed by atoms with Crippen LogP contribution in [0.25, 0.3) is 10.9 Å². The van der Waals surface area contributed by atoms with Crippen molar-refractivity contribution in [1.82, 2.24) is 9.97 Å². The van der Waals surface area contributed by atoms with Crippen LogP contribution in [0.15, 0.2) is 42.6 Å². The zero-order chi connectivity index (χ0) is 13.8. The quantitative estimate of drug-likeness (QED) is 0.771. The molecule has 20 heavy (non-hydrogen) atoms. The lowest BCUT2D eigenvalue weighted by molar-refractivity contribution is 0.989. The zero-order valence-corrected chi connectivity index (χ0v) is 12.3. The first-order valence-corrected chi connectivity index (χ1v) is 7.70. The van der Waals surface area contributed by atoms with E-state index in [1.807, 2.05) is 30.5 Å². The normalized spacial score (nSPS) is 10.8. The maximum absolute atomic E-state index is 4.60. The molecule has 0 fully saturated rings. The minimum Gasteiger partial charge on any atom is -0.370 e. The van der Waals surface area contributed by atoms with Crippen LogP contribution in [0.1, 0.15) is 16.8 Å². The second-order valence-corrected chi connectivity index (χ2v) is 5.84. The van der Waals surface area contributed by atoms with Gasteiger partial charge < -0.3 is 5.32 Å². The van der Waals surface area contributed by atoms with Gasteiger partial charge in [0.25, 0.3) is 0 Å². The maximum Gasteiger partial charge on any atom is 0.126 e. The third-order valence-corrected chi connectivity index (χ3v) is 4.39. The van der Waals surface area contributed by atoms with Crippen LogP contribution < -0.4 is 5.32 Å². The number of aryl methyl sites for hydroxylation is 1. The first kappa shape index (κ1) is 13.1. The van der Waals surface area contributed by atoms with Gasteiger partial charge in [-0.2, -0.15) is 0 Å². The summed E-state index contributed by atoms with van der Waals surface area (Å²) in [6.07, 6.45) is 3.99. The Bertz CT molecular complexity index is 706. The number of nitrogens with one attached hydrogen (secondary N) is 1. The van der Waals surface area contributed by atoms with Crippen molar-refractivity contribution in [2.24, 2.45) is 0 Å². The van der Waals surface area contributed by atoms with Crippen molar-refractivity contribution >= 4 is 28.1 Å². The number of benzene rings is 1. The predicted octanol–water partition coefficient (Wildman–Crippen LogP) is 3.91. The zero-order valence-electron chi connectivity index (χ0n) is 11.5. The fourth-order valence-corrected chi connectivity index (χ4v) is 2.95. The Kier molecular flexibility index (Phi) is 3.92. The summed E-state index contributed by atoms with van der Waals surface area (Å²) < 4.78 is 0. The molecule has 0 aliphatic rings. The van der Waals surface area contributed by atoms with Crippen LogP contribution in [0.5, 0.6) is 0 Å². The third-order valence-electron chi connectivity index (χ3n) is 3.19. The predicted molar refractivity (Wildman–Crippen MR) is 85.4 cm³/mol. The van der Waals surface area contributed by atoms with Crippen molar-refractivity contribution in [1.29, 1.82) is 0 Å². The molecule has 1 aromatic carbocycles. The molecule has 0 unspecified atom stereocenters. The largest absolute Gasteiger partial charge is 0.370 e. The first-order chi connectivity index (χ1) is 9.85. The van der Waals surface area contributed by atoms with Crippen molar-refractivity contribution < 1.29 is 0 Å². The summed E-state index contributed by atoms with van der Waals surface area (Å²) in [4.78, 5) is 10.4. The molecular weight excluding hydrogens is 266 g/mol. The Morgan fingerprint density at radius 1 is 1.15 bits per heavy atom. The topological polar surface area (TPSA) is 37.8 Å². The molecule has 2 heterocycles. The molecule has 0 amide bonds. The third kappa shape index (κ3) is 2.96. The molecule has 0 aliphatic heterocycles. The van der Waals surface area contributed by atoms with Gasteiger partial charge in [0.05, 0.1) is 10.5 Å². The lowest BCUT2D eigenvalue weighted by atomic mass is 10.2. The molecule has 0 atom stereocenters. The summed E-state index contributed by atoms with van der Waals surface area (Å²) in [7, 11) is 0. The maximum atomic E-state index is 4.60. The molecule has 0 bridgehead atoms. The Labute approximate surface area is 122 Å². The second kappa shape index (κ2) is 6.01. The van der Waals surface area contributed by atoms with Gasteiger partial charge in [0.1, 0.15) is 5.82 Å². The Balaban J connectivity index is 1.62. The van der Waals surface area contributed by atoms with E-state index in [-0.39, 0.29) is 0 Å². The molecule has 4 heteroatoms. The van der Waals surface area contributed by atoms with Crippen LogP contribution in [0.3, 0.4) is 0 Å². The second-order valence-electron chi connectivity index (χ2n) is 4.64. The van der Waals surface area contributed by atoms with Crippen molar-refractivity contribution in [3.05, 3.63) is 52.5 Å². The molecule has 0 aliphatic carbocycles. The van der Waals surface area contributed by atoms with E-state index in [1.165, 1.54) is 15.3 Å². The first-order valence-electron chi connectivity index (χ1n) is 6.88. The molecule has 3 rings (SSSR count). The van der Waals surface area contributed by atoms with E-state index in [1.54, 1.807) is 11.3 Å². The molecule has 3 nitrogen and oxygen atoms in total. The highest BCUT2D eigenvalue weighted by molar-refractivity contribution is 7.11. The molecule has 102 valence electrons. The van der Waals surface area contributed by atoms with Crippen LogP contribution >= 0.6 is 11.3 Å².